The van der Waals surface area contributed by atoms with Crippen LogP contribution >= 0.6 is 0 Å². The van der Waals surface area contributed by atoms with Crippen molar-refractivity contribution in [1.29, 1.82) is 0 Å². The van der Waals surface area contributed by atoms with E-state index in [0.29, 0.717) is 22.6 Å². The smallest absolute Gasteiger partial charge is 0.224 e. The summed E-state index contributed by atoms with van der Waals surface area (Å²) < 4.78 is 12.5. The molecule has 4 unspecified atom stereocenters. The number of hydrogen-bond donors (Lipinski definition) is 3. The summed E-state index contributed by atoms with van der Waals surface area (Å²) in [5.74, 6) is 0.500. The molecule has 1 aromatic carbocycles. The van der Waals surface area contributed by atoms with Crippen LogP contribution in [0.2, 0.25) is 0 Å². The normalized spacial score (nSPS) is 23.6. The van der Waals surface area contributed by atoms with Crippen molar-refractivity contribution in [2.24, 2.45) is 0 Å². The molecule has 0 radical (unpaired) electrons. The van der Waals surface area contributed by atoms with Crippen LogP contribution in [0, 0.1) is 6.92 Å². The van der Waals surface area contributed by atoms with E-state index >= 15 is 0 Å². The van der Waals surface area contributed by atoms with Crippen molar-refractivity contribution in [2.45, 2.75) is 37.9 Å². The molecule has 3 N–H and O–H groups in total. The van der Waals surface area contributed by atoms with Gasteiger partial charge in [-0.2, -0.15) is 0 Å². The van der Waals surface area contributed by atoms with Gasteiger partial charge in [-0.15, -0.1) is 0 Å². The topological polar surface area (TPSA) is 132 Å². The highest BCUT2D eigenvalue weighted by Crippen LogP contribution is 2.31. The number of carbonyl (C=O) groups excluding carboxylic acids is 1. The number of aryl methyl sites for hydroxylation is 1. The Morgan fingerprint density at radius 1 is 1.20 bits per heavy atom. The lowest BCUT2D eigenvalue weighted by molar-refractivity contribution is -0.121. The molecule has 0 spiro atoms. The van der Waals surface area contributed by atoms with Gasteiger partial charge in [-0.1, -0.05) is 12.1 Å². The molecule has 3 heterocycles. The fourth-order valence-electron chi connectivity index (χ4n) is 3.49. The predicted molar refractivity (Wildman–Crippen MR) is 106 cm³/mol. The molecule has 4 atom stereocenters. The van der Waals surface area contributed by atoms with Gasteiger partial charge in [0.25, 0.3) is 0 Å². The van der Waals surface area contributed by atoms with Crippen molar-refractivity contribution in [3.63, 3.8) is 0 Å². The number of amides is 1. The predicted octanol–water partition coefficient (Wildman–Crippen LogP) is 0.121. The summed E-state index contributed by atoms with van der Waals surface area (Å²) in [6.07, 6.45) is -0.922. The summed E-state index contributed by atoms with van der Waals surface area (Å²) >= 11 is 0. The van der Waals surface area contributed by atoms with Gasteiger partial charge < -0.3 is 25.0 Å². The maximum atomic E-state index is 12.3. The molecule has 2 aromatic heterocycles. The number of nitrogens with zero attached hydrogens (tertiary/aromatic N) is 4. The number of aromatic nitrogens is 4. The third kappa shape index (κ3) is 3.84. The number of aliphatic hydroxyl groups excluding tert-OH is 2. The SMILES string of the molecule is COc1ccc(CC(=O)NCC2OC(n3cnc4c(C)ncnc43)C(O)C2O)cc1. The number of hydrogen-bond acceptors (Lipinski definition) is 8. The van der Waals surface area contributed by atoms with Crippen LogP contribution in [0.3, 0.4) is 0 Å². The van der Waals surface area contributed by atoms with Gasteiger partial charge in [-0.25, -0.2) is 15.0 Å². The van der Waals surface area contributed by atoms with E-state index in [1.54, 1.807) is 23.8 Å². The van der Waals surface area contributed by atoms with Crippen molar-refractivity contribution in [3.05, 3.63) is 48.2 Å². The van der Waals surface area contributed by atoms with Crippen LogP contribution < -0.4 is 10.1 Å². The Labute approximate surface area is 172 Å². The summed E-state index contributed by atoms with van der Waals surface area (Å²) in [5.41, 5.74) is 2.63. The number of imidazole rings is 1. The molecule has 10 nitrogen and oxygen atoms in total. The summed E-state index contributed by atoms with van der Waals surface area (Å²) in [5, 5.41) is 23.6. The summed E-state index contributed by atoms with van der Waals surface area (Å²) in [6, 6.07) is 7.20. The minimum atomic E-state index is -1.19. The second-order valence-corrected chi connectivity index (χ2v) is 7.16. The molecule has 1 fully saturated rings. The quantitative estimate of drug-likeness (QED) is 0.519. The molecule has 0 saturated carbocycles. The fourth-order valence-corrected chi connectivity index (χ4v) is 3.49. The highest BCUT2D eigenvalue weighted by atomic mass is 16.6. The Balaban J connectivity index is 1.39. The summed E-state index contributed by atoms with van der Waals surface area (Å²) in [4.78, 5) is 24.8. The van der Waals surface area contributed by atoms with Gasteiger partial charge >= 0.3 is 0 Å². The van der Waals surface area contributed by atoms with Gasteiger partial charge in [0, 0.05) is 6.54 Å². The Bertz CT molecular complexity index is 1040. The Morgan fingerprint density at radius 3 is 2.70 bits per heavy atom. The van der Waals surface area contributed by atoms with Gasteiger partial charge in [0.15, 0.2) is 11.9 Å². The van der Waals surface area contributed by atoms with Gasteiger partial charge in [-0.3, -0.25) is 9.36 Å². The second kappa shape index (κ2) is 8.34. The van der Waals surface area contributed by atoms with Crippen LogP contribution in [0.25, 0.3) is 11.2 Å². The van der Waals surface area contributed by atoms with Crippen molar-refractivity contribution in [2.75, 3.05) is 13.7 Å². The number of fused-ring (bicyclic) bond motifs is 1. The fraction of sp³-hybridized carbons (Fsp3) is 0.400. The van der Waals surface area contributed by atoms with Gasteiger partial charge in [0.05, 0.1) is 25.6 Å². The van der Waals surface area contributed by atoms with Crippen LogP contribution in [0.1, 0.15) is 17.5 Å². The van der Waals surface area contributed by atoms with Crippen molar-refractivity contribution < 1.29 is 24.5 Å². The van der Waals surface area contributed by atoms with E-state index in [1.807, 2.05) is 19.1 Å². The first kappa shape index (κ1) is 20.2. The molecule has 30 heavy (non-hydrogen) atoms. The largest absolute Gasteiger partial charge is 0.497 e. The van der Waals surface area contributed by atoms with Crippen LogP contribution in [-0.4, -0.2) is 67.6 Å². The molecule has 1 amide bonds. The maximum absolute atomic E-state index is 12.3. The molecule has 1 saturated heterocycles. The first-order chi connectivity index (χ1) is 14.5. The standard InChI is InChI=1S/C20H23N5O5/c1-11-16-19(23-9-22-11)25(10-24-16)20-18(28)17(27)14(30-20)8-21-15(26)7-12-3-5-13(29-2)6-4-12/h3-6,9-10,14,17-18,20,27-28H,7-8H2,1-2H3,(H,21,26). The van der Waals surface area contributed by atoms with Crippen LogP contribution in [0.4, 0.5) is 0 Å². The van der Waals surface area contributed by atoms with E-state index in [1.165, 1.54) is 12.7 Å². The minimum absolute atomic E-state index is 0.0599. The van der Waals surface area contributed by atoms with E-state index in [4.69, 9.17) is 9.47 Å². The minimum Gasteiger partial charge on any atom is -0.497 e. The Hall–Kier alpha value is -3.08. The highest BCUT2D eigenvalue weighted by molar-refractivity contribution is 5.78. The molecule has 10 heteroatoms. The third-order valence-corrected chi connectivity index (χ3v) is 5.18. The lowest BCUT2D eigenvalue weighted by atomic mass is 10.1. The molecule has 158 valence electrons. The first-order valence-electron chi connectivity index (χ1n) is 9.53. The molecule has 0 aliphatic carbocycles. The molecule has 4 rings (SSSR count). The van der Waals surface area contributed by atoms with Crippen molar-refractivity contribution in [3.8, 4) is 5.75 Å². The Morgan fingerprint density at radius 2 is 1.97 bits per heavy atom. The number of aliphatic hydroxyl groups is 2. The zero-order chi connectivity index (χ0) is 21.3. The van der Waals surface area contributed by atoms with Crippen LogP contribution in [-0.2, 0) is 16.0 Å². The van der Waals surface area contributed by atoms with Crippen LogP contribution in [0.5, 0.6) is 5.75 Å². The molecule has 0 bridgehead atoms. The van der Waals surface area contributed by atoms with Gasteiger partial charge in [0.1, 0.15) is 35.9 Å². The van der Waals surface area contributed by atoms with Gasteiger partial charge in [0.2, 0.25) is 5.91 Å². The lowest BCUT2D eigenvalue weighted by Crippen LogP contribution is -2.40. The average molecular weight is 413 g/mol. The number of ether oxygens (including phenoxy) is 2. The monoisotopic (exact) mass is 413 g/mol. The number of rotatable bonds is 6. The van der Waals surface area contributed by atoms with E-state index < -0.39 is 24.5 Å². The first-order valence-corrected chi connectivity index (χ1v) is 9.53. The molecule has 3 aromatic rings. The zero-order valence-electron chi connectivity index (χ0n) is 16.6. The van der Waals surface area contributed by atoms with E-state index in [0.717, 1.165) is 5.56 Å². The van der Waals surface area contributed by atoms with E-state index in [2.05, 4.69) is 20.3 Å². The number of methoxy groups -OCH3 is 1. The number of carbonyl (C=O) groups is 1. The summed E-state index contributed by atoms with van der Waals surface area (Å²) in [7, 11) is 1.58. The van der Waals surface area contributed by atoms with Crippen LogP contribution in [0.15, 0.2) is 36.9 Å². The molecule has 1 aliphatic heterocycles. The number of benzene rings is 1. The molecular formula is C20H23N5O5. The van der Waals surface area contributed by atoms with Crippen molar-refractivity contribution >= 4 is 17.1 Å². The van der Waals surface area contributed by atoms with E-state index in [9.17, 15) is 15.0 Å². The molecule has 1 aliphatic rings. The second-order valence-electron chi connectivity index (χ2n) is 7.16. The third-order valence-electron chi connectivity index (χ3n) is 5.18. The lowest BCUT2D eigenvalue weighted by Gasteiger charge is -2.16. The van der Waals surface area contributed by atoms with Gasteiger partial charge in [-0.05, 0) is 24.6 Å². The van der Waals surface area contributed by atoms with E-state index in [-0.39, 0.29) is 18.9 Å². The highest BCUT2D eigenvalue weighted by Gasteiger charge is 2.44. The Kier molecular flexibility index (Phi) is 5.62. The average Bonchev–Trinajstić information content (AvgIpc) is 3.30. The molecular weight excluding hydrogens is 390 g/mol. The summed E-state index contributed by atoms with van der Waals surface area (Å²) in [6.45, 7) is 1.87. The zero-order valence-corrected chi connectivity index (χ0v) is 16.6. The maximum Gasteiger partial charge on any atom is 0.224 e. The number of nitrogens with one attached hydrogen (secondary N) is 1. The van der Waals surface area contributed by atoms with Crippen molar-refractivity contribution in [1.82, 2.24) is 24.8 Å².